The Labute approximate surface area is 97.3 Å². The van der Waals surface area contributed by atoms with Gasteiger partial charge in [0.1, 0.15) is 5.65 Å². The molecule has 2 rings (SSSR count). The van der Waals surface area contributed by atoms with E-state index < -0.39 is 0 Å². The van der Waals surface area contributed by atoms with Crippen LogP contribution in [0.3, 0.4) is 0 Å². The summed E-state index contributed by atoms with van der Waals surface area (Å²) in [5.74, 6) is 0.548. The maximum absolute atomic E-state index is 4.60. The van der Waals surface area contributed by atoms with E-state index in [1.54, 1.807) is 0 Å². The summed E-state index contributed by atoms with van der Waals surface area (Å²) in [6.45, 7) is 9.79. The molecular formula is C14H20N2. The fraction of sp³-hybridized carbons (Fsp3) is 0.500. The first kappa shape index (κ1) is 11.2. The van der Waals surface area contributed by atoms with Crippen LogP contribution in [0.15, 0.2) is 18.5 Å². The molecule has 16 heavy (non-hydrogen) atoms. The summed E-state index contributed by atoms with van der Waals surface area (Å²) < 4.78 is 2.23. The summed E-state index contributed by atoms with van der Waals surface area (Å²) in [5, 5.41) is 1.33. The second-order valence-corrected chi connectivity index (χ2v) is 4.59. The number of fused-ring (bicyclic) bond motifs is 1. The van der Waals surface area contributed by atoms with Gasteiger partial charge in [-0.2, -0.15) is 0 Å². The zero-order valence-corrected chi connectivity index (χ0v) is 10.6. The van der Waals surface area contributed by atoms with Gasteiger partial charge in [0, 0.05) is 24.3 Å². The van der Waals surface area contributed by atoms with Gasteiger partial charge in [0.05, 0.1) is 0 Å². The topological polar surface area (TPSA) is 17.8 Å². The summed E-state index contributed by atoms with van der Waals surface area (Å²) in [6, 6.07) is 2.30. The summed E-state index contributed by atoms with van der Waals surface area (Å²) in [6.07, 6.45) is 5.33. The largest absolute Gasteiger partial charge is 0.333 e. The Balaban J connectivity index is 2.66. The van der Waals surface area contributed by atoms with E-state index >= 15 is 0 Å². The minimum Gasteiger partial charge on any atom is -0.333 e. The number of hydrogen-bond donors (Lipinski definition) is 0. The van der Waals surface area contributed by atoms with Crippen molar-refractivity contribution in [1.29, 1.82) is 0 Å². The zero-order valence-electron chi connectivity index (χ0n) is 10.6. The van der Waals surface area contributed by atoms with E-state index in [4.69, 9.17) is 0 Å². The van der Waals surface area contributed by atoms with Crippen LogP contribution in [0.2, 0.25) is 0 Å². The van der Waals surface area contributed by atoms with E-state index in [9.17, 15) is 0 Å². The molecular weight excluding hydrogens is 196 g/mol. The normalized spacial score (nSPS) is 11.6. The SMILES string of the molecule is CCc1cn(CC)c2ncc(C(C)C)cc12. The highest BCUT2D eigenvalue weighted by Crippen LogP contribution is 2.24. The molecule has 0 saturated carbocycles. The van der Waals surface area contributed by atoms with E-state index in [1.165, 1.54) is 16.5 Å². The molecule has 0 aliphatic heterocycles. The van der Waals surface area contributed by atoms with Crippen molar-refractivity contribution in [3.63, 3.8) is 0 Å². The van der Waals surface area contributed by atoms with E-state index in [0.29, 0.717) is 5.92 Å². The lowest BCUT2D eigenvalue weighted by Crippen LogP contribution is -1.94. The van der Waals surface area contributed by atoms with E-state index in [-0.39, 0.29) is 0 Å². The lowest BCUT2D eigenvalue weighted by molar-refractivity contribution is 0.781. The fourth-order valence-electron chi connectivity index (χ4n) is 2.10. The Morgan fingerprint density at radius 2 is 2.06 bits per heavy atom. The molecule has 86 valence electrons. The van der Waals surface area contributed by atoms with Crippen molar-refractivity contribution in [2.45, 2.75) is 46.6 Å². The third kappa shape index (κ3) is 1.73. The van der Waals surface area contributed by atoms with Crippen molar-refractivity contribution in [2.24, 2.45) is 0 Å². The molecule has 0 fully saturated rings. The van der Waals surface area contributed by atoms with Crippen molar-refractivity contribution in [3.8, 4) is 0 Å². The van der Waals surface area contributed by atoms with Gasteiger partial charge in [0.15, 0.2) is 0 Å². The van der Waals surface area contributed by atoms with Crippen molar-refractivity contribution in [2.75, 3.05) is 0 Å². The van der Waals surface area contributed by atoms with Crippen LogP contribution in [0.4, 0.5) is 0 Å². The van der Waals surface area contributed by atoms with Crippen LogP contribution >= 0.6 is 0 Å². The number of aryl methyl sites for hydroxylation is 2. The highest BCUT2D eigenvalue weighted by atomic mass is 15.0. The minimum absolute atomic E-state index is 0.548. The Hall–Kier alpha value is -1.31. The van der Waals surface area contributed by atoms with Crippen molar-refractivity contribution in [3.05, 3.63) is 29.6 Å². The van der Waals surface area contributed by atoms with Gasteiger partial charge in [-0.05, 0) is 36.5 Å². The smallest absolute Gasteiger partial charge is 0.140 e. The van der Waals surface area contributed by atoms with Crippen LogP contribution in [-0.2, 0) is 13.0 Å². The maximum atomic E-state index is 4.60. The fourth-order valence-corrected chi connectivity index (χ4v) is 2.10. The van der Waals surface area contributed by atoms with Crippen LogP contribution < -0.4 is 0 Å². The Morgan fingerprint density at radius 1 is 1.31 bits per heavy atom. The van der Waals surface area contributed by atoms with Gasteiger partial charge in [-0.15, -0.1) is 0 Å². The average Bonchev–Trinajstić information content (AvgIpc) is 2.65. The number of hydrogen-bond acceptors (Lipinski definition) is 1. The van der Waals surface area contributed by atoms with Crippen LogP contribution in [0.5, 0.6) is 0 Å². The minimum atomic E-state index is 0.548. The molecule has 0 aliphatic carbocycles. The monoisotopic (exact) mass is 216 g/mol. The van der Waals surface area contributed by atoms with E-state index in [1.807, 2.05) is 6.20 Å². The van der Waals surface area contributed by atoms with Gasteiger partial charge in [0.2, 0.25) is 0 Å². The molecule has 0 N–H and O–H groups in total. The number of nitrogens with zero attached hydrogens (tertiary/aromatic N) is 2. The lowest BCUT2D eigenvalue weighted by atomic mass is 10.0. The molecule has 0 saturated heterocycles. The molecule has 2 aromatic rings. The summed E-state index contributed by atoms with van der Waals surface area (Å²) in [5.41, 5.74) is 3.87. The molecule has 2 heteroatoms. The number of rotatable bonds is 3. The molecule has 0 amide bonds. The number of pyridine rings is 1. The van der Waals surface area contributed by atoms with Crippen LogP contribution in [0.1, 0.15) is 44.7 Å². The molecule has 0 spiro atoms. The molecule has 2 nitrogen and oxygen atoms in total. The van der Waals surface area contributed by atoms with E-state index in [2.05, 4.69) is 49.5 Å². The molecule has 0 unspecified atom stereocenters. The van der Waals surface area contributed by atoms with Gasteiger partial charge < -0.3 is 4.57 Å². The molecule has 0 aliphatic rings. The molecule has 0 aromatic carbocycles. The molecule has 2 heterocycles. The summed E-state index contributed by atoms with van der Waals surface area (Å²) >= 11 is 0. The first-order valence-electron chi connectivity index (χ1n) is 6.15. The molecule has 0 bridgehead atoms. The molecule has 0 atom stereocenters. The Morgan fingerprint density at radius 3 is 2.62 bits per heavy atom. The predicted octanol–water partition coefficient (Wildman–Crippen LogP) is 3.74. The first-order valence-corrected chi connectivity index (χ1v) is 6.15. The van der Waals surface area contributed by atoms with Crippen molar-refractivity contribution in [1.82, 2.24) is 9.55 Å². The summed E-state index contributed by atoms with van der Waals surface area (Å²) in [4.78, 5) is 4.60. The predicted molar refractivity (Wildman–Crippen MR) is 68.9 cm³/mol. The third-order valence-corrected chi connectivity index (χ3v) is 3.21. The second-order valence-electron chi connectivity index (χ2n) is 4.59. The van der Waals surface area contributed by atoms with Crippen LogP contribution in [0.25, 0.3) is 11.0 Å². The van der Waals surface area contributed by atoms with Crippen LogP contribution in [0, 0.1) is 0 Å². The molecule has 2 aromatic heterocycles. The van der Waals surface area contributed by atoms with Crippen molar-refractivity contribution >= 4 is 11.0 Å². The van der Waals surface area contributed by atoms with Gasteiger partial charge in [-0.3, -0.25) is 0 Å². The second kappa shape index (κ2) is 4.28. The Kier molecular flexibility index (Phi) is 2.99. The maximum Gasteiger partial charge on any atom is 0.140 e. The lowest BCUT2D eigenvalue weighted by Gasteiger charge is -2.05. The van der Waals surface area contributed by atoms with E-state index in [0.717, 1.165) is 18.6 Å². The first-order chi connectivity index (χ1) is 7.67. The standard InChI is InChI=1S/C14H20N2/c1-5-11-9-16(6-2)14-13(11)7-12(8-15-14)10(3)4/h7-10H,5-6H2,1-4H3. The van der Waals surface area contributed by atoms with Gasteiger partial charge >= 0.3 is 0 Å². The summed E-state index contributed by atoms with van der Waals surface area (Å²) in [7, 11) is 0. The third-order valence-electron chi connectivity index (χ3n) is 3.21. The Bertz CT molecular complexity index is 495. The zero-order chi connectivity index (χ0) is 11.7. The highest BCUT2D eigenvalue weighted by Gasteiger charge is 2.09. The quantitative estimate of drug-likeness (QED) is 0.764. The number of aromatic nitrogens is 2. The van der Waals surface area contributed by atoms with Gasteiger partial charge in [-0.25, -0.2) is 4.98 Å². The van der Waals surface area contributed by atoms with Crippen molar-refractivity contribution < 1.29 is 0 Å². The average molecular weight is 216 g/mol. The highest BCUT2D eigenvalue weighted by molar-refractivity contribution is 5.81. The van der Waals surface area contributed by atoms with Gasteiger partial charge in [0.25, 0.3) is 0 Å². The van der Waals surface area contributed by atoms with Crippen LogP contribution in [-0.4, -0.2) is 9.55 Å². The van der Waals surface area contributed by atoms with Gasteiger partial charge in [-0.1, -0.05) is 20.8 Å². The molecule has 0 radical (unpaired) electrons.